The summed E-state index contributed by atoms with van der Waals surface area (Å²) in [4.78, 5) is 26.5. The summed E-state index contributed by atoms with van der Waals surface area (Å²) >= 11 is 0. The molecule has 0 radical (unpaired) electrons. The minimum Gasteiger partial charge on any atom is -0.494 e. The number of aliphatic carboxylic acids is 1. The molecule has 2 N–H and O–H groups in total. The lowest BCUT2D eigenvalue weighted by Gasteiger charge is -2.09. The van der Waals surface area contributed by atoms with Crippen molar-refractivity contribution in [1.29, 1.82) is 0 Å². The summed E-state index contributed by atoms with van der Waals surface area (Å²) in [5, 5.41) is 14.6. The summed E-state index contributed by atoms with van der Waals surface area (Å²) in [5.41, 5.74) is 0.728. The second-order valence-electron chi connectivity index (χ2n) is 5.08. The van der Waals surface area contributed by atoms with Gasteiger partial charge in [-0.05, 0) is 31.2 Å². The van der Waals surface area contributed by atoms with E-state index >= 15 is 0 Å². The Kier molecular flexibility index (Phi) is 6.44. The Bertz CT molecular complexity index is 717. The van der Waals surface area contributed by atoms with E-state index in [1.807, 2.05) is 6.92 Å². The lowest BCUT2D eigenvalue weighted by Crippen LogP contribution is -2.42. The molecule has 0 aliphatic rings. The van der Waals surface area contributed by atoms with Crippen molar-refractivity contribution >= 4 is 11.9 Å². The number of aromatic nitrogens is 2. The Morgan fingerprint density at radius 3 is 2.68 bits per heavy atom. The van der Waals surface area contributed by atoms with Crippen molar-refractivity contribution in [1.82, 2.24) is 15.5 Å². The summed E-state index contributed by atoms with van der Waals surface area (Å²) in [6.07, 6.45) is 0.0309. The van der Waals surface area contributed by atoms with Crippen LogP contribution in [-0.4, -0.2) is 46.4 Å². The van der Waals surface area contributed by atoms with Crippen LogP contribution in [0.1, 0.15) is 19.2 Å². The average molecular weight is 351 g/mol. The number of carbonyl (C=O) groups is 2. The van der Waals surface area contributed by atoms with Gasteiger partial charge in [-0.25, -0.2) is 9.18 Å². The van der Waals surface area contributed by atoms with Gasteiger partial charge in [0.05, 0.1) is 6.61 Å². The summed E-state index contributed by atoms with van der Waals surface area (Å²) in [6, 6.07) is 5.58. The van der Waals surface area contributed by atoms with E-state index in [0.29, 0.717) is 12.4 Å². The first-order valence-electron chi connectivity index (χ1n) is 7.67. The first-order chi connectivity index (χ1) is 12.0. The number of hydrogen-bond acceptors (Lipinski definition) is 6. The third-order valence-electron chi connectivity index (χ3n) is 3.25. The van der Waals surface area contributed by atoms with Crippen LogP contribution in [0.5, 0.6) is 5.75 Å². The molecule has 0 saturated heterocycles. The Balaban J connectivity index is 1.90. The Labute approximate surface area is 143 Å². The van der Waals surface area contributed by atoms with Crippen molar-refractivity contribution < 1.29 is 28.3 Å². The predicted octanol–water partition coefficient (Wildman–Crippen LogP) is 1.61. The van der Waals surface area contributed by atoms with E-state index in [0.717, 1.165) is 11.3 Å². The maximum absolute atomic E-state index is 12.5. The largest absolute Gasteiger partial charge is 0.494 e. The first kappa shape index (κ1) is 18.4. The maximum atomic E-state index is 12.5. The molecule has 1 aromatic heterocycles. The highest BCUT2D eigenvalue weighted by molar-refractivity contribution is 5.83. The monoisotopic (exact) mass is 351 g/mol. The third-order valence-corrected chi connectivity index (χ3v) is 3.25. The van der Waals surface area contributed by atoms with Crippen LogP contribution in [0.3, 0.4) is 0 Å². The Morgan fingerprint density at radius 1 is 1.36 bits per heavy atom. The predicted molar refractivity (Wildman–Crippen MR) is 84.8 cm³/mol. The number of benzene rings is 1. The van der Waals surface area contributed by atoms with Crippen molar-refractivity contribution in [2.75, 3.05) is 13.3 Å². The maximum Gasteiger partial charge on any atom is 0.328 e. The molecule has 9 heteroatoms. The molecule has 0 fully saturated rings. The quantitative estimate of drug-likeness (QED) is 0.705. The van der Waals surface area contributed by atoms with Crippen LogP contribution < -0.4 is 10.1 Å². The minimum atomic E-state index is -1.55. The van der Waals surface area contributed by atoms with Gasteiger partial charge < -0.3 is 19.7 Å². The summed E-state index contributed by atoms with van der Waals surface area (Å²) in [5.74, 6) is -0.707. The standard InChI is InChI=1S/C16H18FN3O5/c1-2-24-11-5-3-10(4-6-11)15-19-14(25-20-15)8-7-13(21)18-12(9-17)16(22)23/h3-6,12H,2,7-9H2,1H3,(H,18,21)(H,22,23). The number of hydrogen-bond donors (Lipinski definition) is 2. The number of carboxylic acid groups (broad SMARTS) is 1. The number of amides is 1. The van der Waals surface area contributed by atoms with Crippen molar-refractivity contribution in [3.63, 3.8) is 0 Å². The minimum absolute atomic E-state index is 0.0886. The van der Waals surface area contributed by atoms with Gasteiger partial charge in [0.25, 0.3) is 0 Å². The third kappa shape index (κ3) is 5.27. The number of aryl methyl sites for hydroxylation is 1. The van der Waals surface area contributed by atoms with Crippen molar-refractivity contribution in [2.45, 2.75) is 25.8 Å². The summed E-state index contributed by atoms with van der Waals surface area (Å²) < 4.78 is 22.9. The van der Waals surface area contributed by atoms with Gasteiger partial charge in [-0.1, -0.05) is 5.16 Å². The van der Waals surface area contributed by atoms with Crippen LogP contribution in [0.4, 0.5) is 4.39 Å². The molecule has 1 amide bonds. The number of carbonyl (C=O) groups excluding carboxylic acids is 1. The Morgan fingerprint density at radius 2 is 2.08 bits per heavy atom. The summed E-state index contributed by atoms with van der Waals surface area (Å²) in [6.45, 7) is 1.28. The highest BCUT2D eigenvalue weighted by Gasteiger charge is 2.20. The molecule has 0 aliphatic heterocycles. The lowest BCUT2D eigenvalue weighted by molar-refractivity contribution is -0.142. The van der Waals surface area contributed by atoms with E-state index in [9.17, 15) is 14.0 Å². The van der Waals surface area contributed by atoms with Crippen LogP contribution in [0.25, 0.3) is 11.4 Å². The summed E-state index contributed by atoms with van der Waals surface area (Å²) in [7, 11) is 0. The molecule has 0 bridgehead atoms. The van der Waals surface area contributed by atoms with Crippen LogP contribution in [0, 0.1) is 0 Å². The molecule has 0 saturated carbocycles. The van der Waals surface area contributed by atoms with E-state index in [-0.39, 0.29) is 18.7 Å². The van der Waals surface area contributed by atoms with Crippen LogP contribution in [0.15, 0.2) is 28.8 Å². The molecule has 1 unspecified atom stereocenters. The van der Waals surface area contributed by atoms with Gasteiger partial charge in [0, 0.05) is 18.4 Å². The van der Waals surface area contributed by atoms with E-state index in [4.69, 9.17) is 14.4 Å². The van der Waals surface area contributed by atoms with E-state index in [1.54, 1.807) is 24.3 Å². The fraction of sp³-hybridized carbons (Fsp3) is 0.375. The van der Waals surface area contributed by atoms with Crippen molar-refractivity contribution in [3.05, 3.63) is 30.2 Å². The molecule has 1 aromatic carbocycles. The molecule has 0 aliphatic carbocycles. The van der Waals surface area contributed by atoms with E-state index in [2.05, 4.69) is 15.5 Å². The normalized spacial score (nSPS) is 11.8. The van der Waals surface area contributed by atoms with E-state index in [1.165, 1.54) is 0 Å². The van der Waals surface area contributed by atoms with Gasteiger partial charge in [-0.15, -0.1) is 0 Å². The molecule has 0 spiro atoms. The Hall–Kier alpha value is -2.97. The van der Waals surface area contributed by atoms with Crippen LogP contribution in [-0.2, 0) is 16.0 Å². The van der Waals surface area contributed by atoms with Crippen LogP contribution >= 0.6 is 0 Å². The number of halogens is 1. The second-order valence-corrected chi connectivity index (χ2v) is 5.08. The van der Waals surface area contributed by atoms with Crippen molar-refractivity contribution in [2.24, 2.45) is 0 Å². The molecule has 2 aromatic rings. The van der Waals surface area contributed by atoms with Gasteiger partial charge in [-0.2, -0.15) is 4.98 Å². The van der Waals surface area contributed by atoms with E-state index < -0.39 is 24.6 Å². The lowest BCUT2D eigenvalue weighted by atomic mass is 10.2. The molecule has 8 nitrogen and oxygen atoms in total. The fourth-order valence-electron chi connectivity index (χ4n) is 1.99. The second kappa shape index (κ2) is 8.76. The molecular formula is C16H18FN3O5. The molecule has 25 heavy (non-hydrogen) atoms. The molecule has 134 valence electrons. The zero-order valence-electron chi connectivity index (χ0n) is 13.6. The molecule has 1 atom stereocenters. The molecule has 2 rings (SSSR count). The number of ether oxygens (including phenoxy) is 1. The zero-order valence-corrected chi connectivity index (χ0v) is 13.6. The highest BCUT2D eigenvalue weighted by atomic mass is 19.1. The van der Waals surface area contributed by atoms with Gasteiger partial charge >= 0.3 is 5.97 Å². The molecule has 1 heterocycles. The number of nitrogens with one attached hydrogen (secondary N) is 1. The fourth-order valence-corrected chi connectivity index (χ4v) is 1.99. The van der Waals surface area contributed by atoms with Gasteiger partial charge in [0.15, 0.2) is 6.04 Å². The van der Waals surface area contributed by atoms with Crippen LogP contribution in [0.2, 0.25) is 0 Å². The highest BCUT2D eigenvalue weighted by Crippen LogP contribution is 2.20. The zero-order chi connectivity index (χ0) is 18.2. The number of nitrogens with zero attached hydrogens (tertiary/aromatic N) is 2. The van der Waals surface area contributed by atoms with Gasteiger partial charge in [0.2, 0.25) is 17.6 Å². The van der Waals surface area contributed by atoms with Gasteiger partial charge in [-0.3, -0.25) is 4.79 Å². The number of alkyl halides is 1. The number of carboxylic acids is 1. The van der Waals surface area contributed by atoms with Crippen molar-refractivity contribution in [3.8, 4) is 17.1 Å². The van der Waals surface area contributed by atoms with Gasteiger partial charge in [0.1, 0.15) is 12.4 Å². The first-order valence-corrected chi connectivity index (χ1v) is 7.67. The smallest absolute Gasteiger partial charge is 0.328 e. The average Bonchev–Trinajstić information content (AvgIpc) is 3.07. The number of rotatable bonds is 9. The molecular weight excluding hydrogens is 333 g/mol. The topological polar surface area (TPSA) is 115 Å². The SMILES string of the molecule is CCOc1ccc(-c2noc(CCC(=O)NC(CF)C(=O)O)n2)cc1.